The Morgan fingerprint density at radius 3 is 1.54 bits per heavy atom. The van der Waals surface area contributed by atoms with Crippen molar-refractivity contribution < 1.29 is 76.3 Å². The Bertz CT molecular complexity index is 2100. The van der Waals surface area contributed by atoms with E-state index in [0.29, 0.717) is 108 Å². The monoisotopic (exact) mass is 1010 g/mol. The van der Waals surface area contributed by atoms with Crippen molar-refractivity contribution in [3.8, 4) is 11.1 Å². The molecule has 0 unspecified atom stereocenters. The number of nitrogens with zero attached hydrogens (tertiary/aromatic N) is 8. The first-order valence-electron chi connectivity index (χ1n) is 23.9. The van der Waals surface area contributed by atoms with E-state index in [2.05, 4.69) is 20.1 Å². The summed E-state index contributed by atoms with van der Waals surface area (Å²) in [6.07, 6.45) is 1.44. The van der Waals surface area contributed by atoms with Gasteiger partial charge in [-0.2, -0.15) is 0 Å². The fraction of sp³-hybridized carbons (Fsp3) is 0.604. The SMILES string of the molecule is CC(=O)OCCN(CCCC(=O)OCC1c2cc(C(=O)CCCOCCOCCOCCN=[N+]=[N-])ccc2-c2ccc(C(=O)CCCOCCOCCOCCN=[N+]=[N-])cc21)CC(=O)ON1C(=O)CCC1=O. The molecule has 0 saturated carbocycles. The van der Waals surface area contributed by atoms with Gasteiger partial charge in [-0.15, -0.1) is 5.06 Å². The summed E-state index contributed by atoms with van der Waals surface area (Å²) in [5, 5.41) is 7.23. The molecule has 0 radical (unpaired) electrons. The summed E-state index contributed by atoms with van der Waals surface area (Å²) in [7, 11) is 0. The highest BCUT2D eigenvalue weighted by Crippen LogP contribution is 2.46. The van der Waals surface area contributed by atoms with E-state index < -0.39 is 35.6 Å². The molecule has 2 aromatic carbocycles. The average Bonchev–Trinajstić information content (AvgIpc) is 3.85. The molecule has 392 valence electrons. The maximum Gasteiger partial charge on any atom is 0.347 e. The summed E-state index contributed by atoms with van der Waals surface area (Å²) in [6, 6.07) is 10.9. The zero-order chi connectivity index (χ0) is 51.8. The Morgan fingerprint density at radius 2 is 1.07 bits per heavy atom. The Hall–Kier alpha value is -6.33. The van der Waals surface area contributed by atoms with Gasteiger partial charge in [0.25, 0.3) is 11.8 Å². The molecule has 1 saturated heterocycles. The molecule has 0 spiro atoms. The molecule has 1 fully saturated rings. The number of rotatable bonds is 40. The Balaban J connectivity index is 1.33. The minimum Gasteiger partial charge on any atom is -0.465 e. The van der Waals surface area contributed by atoms with Crippen LogP contribution in [0.3, 0.4) is 0 Å². The summed E-state index contributed by atoms with van der Waals surface area (Å²) in [6.45, 7) is 5.67. The Morgan fingerprint density at radius 1 is 0.597 bits per heavy atom. The van der Waals surface area contributed by atoms with Crippen molar-refractivity contribution in [2.24, 2.45) is 10.2 Å². The van der Waals surface area contributed by atoms with Crippen molar-refractivity contribution in [1.29, 1.82) is 0 Å². The molecule has 2 amide bonds. The van der Waals surface area contributed by atoms with Crippen LogP contribution in [-0.2, 0) is 66.7 Å². The minimum absolute atomic E-state index is 0.0568. The van der Waals surface area contributed by atoms with E-state index in [4.69, 9.17) is 53.8 Å². The Labute approximate surface area is 417 Å². The summed E-state index contributed by atoms with van der Waals surface area (Å²) in [5.41, 5.74) is 20.8. The molecule has 1 aliphatic heterocycles. The second-order valence-electron chi connectivity index (χ2n) is 16.2. The van der Waals surface area contributed by atoms with Gasteiger partial charge in [-0.1, -0.05) is 34.5 Å². The van der Waals surface area contributed by atoms with E-state index in [-0.39, 0.29) is 96.0 Å². The van der Waals surface area contributed by atoms with Crippen molar-refractivity contribution >= 4 is 41.3 Å². The summed E-state index contributed by atoms with van der Waals surface area (Å²) >= 11 is 0. The van der Waals surface area contributed by atoms with Crippen LogP contribution < -0.4 is 0 Å². The fourth-order valence-electron chi connectivity index (χ4n) is 7.48. The highest BCUT2D eigenvalue weighted by molar-refractivity contribution is 6.02. The highest BCUT2D eigenvalue weighted by atomic mass is 16.7. The quantitative estimate of drug-likeness (QED) is 0.0157. The number of carbonyl (C=O) groups is 7. The van der Waals surface area contributed by atoms with Crippen molar-refractivity contribution in [3.05, 3.63) is 79.5 Å². The molecule has 2 aromatic rings. The van der Waals surface area contributed by atoms with Crippen molar-refractivity contribution in [2.45, 2.75) is 64.2 Å². The number of hydroxylamine groups is 2. The van der Waals surface area contributed by atoms with Gasteiger partial charge in [-0.25, -0.2) is 4.79 Å². The maximum absolute atomic E-state index is 13.5. The van der Waals surface area contributed by atoms with Crippen LogP contribution in [0.15, 0.2) is 46.6 Å². The molecule has 1 aliphatic carbocycles. The van der Waals surface area contributed by atoms with E-state index in [1.54, 1.807) is 17.0 Å². The molecule has 24 nitrogen and oxygen atoms in total. The van der Waals surface area contributed by atoms with Gasteiger partial charge >= 0.3 is 17.9 Å². The van der Waals surface area contributed by atoms with Crippen LogP contribution in [0.25, 0.3) is 32.0 Å². The molecule has 1 heterocycles. The fourth-order valence-corrected chi connectivity index (χ4v) is 7.48. The lowest BCUT2D eigenvalue weighted by Crippen LogP contribution is -2.39. The third-order valence-corrected chi connectivity index (χ3v) is 11.0. The molecule has 0 atom stereocenters. The van der Waals surface area contributed by atoms with E-state index in [1.165, 1.54) is 6.92 Å². The first-order chi connectivity index (χ1) is 35.0. The molecule has 0 N–H and O–H groups in total. The number of ketones is 2. The number of carbonyl (C=O) groups excluding carboxylic acids is 7. The van der Waals surface area contributed by atoms with Crippen LogP contribution >= 0.6 is 0 Å². The maximum atomic E-state index is 13.5. The van der Waals surface area contributed by atoms with Crippen LogP contribution in [0.5, 0.6) is 0 Å². The molecule has 4 rings (SSSR count). The highest BCUT2D eigenvalue weighted by Gasteiger charge is 2.34. The third-order valence-electron chi connectivity index (χ3n) is 11.0. The van der Waals surface area contributed by atoms with Crippen molar-refractivity contribution in [3.63, 3.8) is 0 Å². The zero-order valence-electron chi connectivity index (χ0n) is 40.7. The lowest BCUT2D eigenvalue weighted by Gasteiger charge is -2.22. The topological polar surface area (TPSA) is 307 Å². The first-order valence-corrected chi connectivity index (χ1v) is 23.9. The number of amides is 2. The standard InChI is InChI=1S/C48H64N8O16/c1-35(57)70-22-17-55(33-48(63)72-56-45(60)12-13-46(56)61)16-2-7-47(62)71-34-42-40-31-36(43(58)5-3-18-64-23-27-68-29-25-66-20-14-51-53-49)8-10-38(40)39-11-9-37(32-41(39)42)44(59)6-4-19-65-24-28-69-30-26-67-21-15-52-54-50/h8-11,31-32,42H,2-7,12-30,33-34H2,1H3. The number of hydrogen-bond acceptors (Lipinski definition) is 19. The smallest absolute Gasteiger partial charge is 0.347 e. The summed E-state index contributed by atoms with van der Waals surface area (Å²) in [4.78, 5) is 100. The molecular formula is C48H64N8O16. The molecule has 0 aromatic heterocycles. The lowest BCUT2D eigenvalue weighted by molar-refractivity contribution is -0.198. The van der Waals surface area contributed by atoms with Gasteiger partial charge in [0.15, 0.2) is 11.6 Å². The molecule has 24 heteroatoms. The largest absolute Gasteiger partial charge is 0.465 e. The number of hydrogen-bond donors (Lipinski definition) is 0. The summed E-state index contributed by atoms with van der Waals surface area (Å²) < 4.78 is 43.7. The van der Waals surface area contributed by atoms with Gasteiger partial charge in [-0.3, -0.25) is 33.7 Å². The van der Waals surface area contributed by atoms with Gasteiger partial charge in [0.2, 0.25) is 0 Å². The minimum atomic E-state index is -0.873. The second kappa shape index (κ2) is 34.1. The third kappa shape index (κ3) is 21.6. The molecule has 72 heavy (non-hydrogen) atoms. The van der Waals surface area contributed by atoms with Crippen LogP contribution in [0, 0.1) is 0 Å². The molecular weight excluding hydrogens is 945 g/mol. The molecule has 2 aliphatic rings. The number of imide groups is 1. The number of Topliss-reactive ketones (excluding diaryl/α,β-unsaturated/α-hetero) is 2. The first kappa shape index (κ1) is 58.2. The van der Waals surface area contributed by atoms with Crippen LogP contribution in [0.1, 0.15) is 96.1 Å². The number of benzene rings is 2. The summed E-state index contributed by atoms with van der Waals surface area (Å²) in [5.74, 6) is -3.88. The van der Waals surface area contributed by atoms with Crippen molar-refractivity contribution in [1.82, 2.24) is 9.96 Å². The van der Waals surface area contributed by atoms with E-state index in [1.807, 2.05) is 24.3 Å². The van der Waals surface area contributed by atoms with Crippen LogP contribution in [0.4, 0.5) is 0 Å². The van der Waals surface area contributed by atoms with Gasteiger partial charge < -0.3 is 42.7 Å². The van der Waals surface area contributed by atoms with Gasteiger partial charge in [0, 0.05) is 98.7 Å². The predicted octanol–water partition coefficient (Wildman–Crippen LogP) is 5.24. The lowest BCUT2D eigenvalue weighted by atomic mass is 9.93. The molecule has 0 bridgehead atoms. The van der Waals surface area contributed by atoms with Crippen LogP contribution in [-0.4, -0.2) is 176 Å². The average molecular weight is 1010 g/mol. The van der Waals surface area contributed by atoms with E-state index in [0.717, 1.165) is 22.3 Å². The number of azide groups is 2. The second-order valence-corrected chi connectivity index (χ2v) is 16.2. The van der Waals surface area contributed by atoms with Gasteiger partial charge in [0.05, 0.1) is 72.6 Å². The van der Waals surface area contributed by atoms with Crippen LogP contribution in [0.2, 0.25) is 0 Å². The van der Waals surface area contributed by atoms with Crippen molar-refractivity contribution in [2.75, 3.05) is 125 Å². The number of ether oxygens (including phenoxy) is 8. The van der Waals surface area contributed by atoms with Gasteiger partial charge in [-0.05, 0) is 71.3 Å². The zero-order valence-corrected chi connectivity index (χ0v) is 40.7. The number of esters is 2. The predicted molar refractivity (Wildman–Crippen MR) is 254 cm³/mol. The van der Waals surface area contributed by atoms with E-state index in [9.17, 15) is 33.6 Å². The Kier molecular flexibility index (Phi) is 27.6. The van der Waals surface area contributed by atoms with E-state index >= 15 is 0 Å². The van der Waals surface area contributed by atoms with Gasteiger partial charge in [0.1, 0.15) is 13.2 Å². The number of fused-ring (bicyclic) bond motifs is 3. The normalized spacial score (nSPS) is 13.6.